The van der Waals surface area contributed by atoms with E-state index in [0.29, 0.717) is 24.8 Å². The van der Waals surface area contributed by atoms with Gasteiger partial charge in [0.1, 0.15) is 0 Å². The second-order valence-electron chi connectivity index (χ2n) is 3.53. The molecule has 0 saturated carbocycles. The van der Waals surface area contributed by atoms with Crippen LogP contribution in [0, 0.1) is 5.92 Å². The molecule has 0 saturated heterocycles. The van der Waals surface area contributed by atoms with Gasteiger partial charge in [-0.3, -0.25) is 0 Å². The largest absolute Gasteiger partial charge is 0.213 e. The zero-order chi connectivity index (χ0) is 10.5. The quantitative estimate of drug-likeness (QED) is 0.646. The van der Waals surface area contributed by atoms with Crippen LogP contribution in [0.4, 0.5) is 0 Å². The van der Waals surface area contributed by atoms with Crippen LogP contribution in [0.5, 0.6) is 0 Å². The normalized spacial score (nSPS) is 12.8. The average molecular weight is 228 g/mol. The monoisotopic (exact) mass is 227 g/mol. The lowest BCUT2D eigenvalue weighted by Gasteiger charge is -2.18. The fraction of sp³-hybridized carbons (Fsp3) is 1.00. The minimum Gasteiger partial charge on any atom is -0.212 e. The van der Waals surface area contributed by atoms with Gasteiger partial charge in [-0.2, -0.15) is 0 Å². The molecule has 0 spiro atoms. The van der Waals surface area contributed by atoms with Crippen LogP contribution in [0.3, 0.4) is 0 Å². The summed E-state index contributed by atoms with van der Waals surface area (Å²) in [5.41, 5.74) is 0. The fourth-order valence-electron chi connectivity index (χ4n) is 1.02. The lowest BCUT2D eigenvalue weighted by atomic mass is 10.2. The van der Waals surface area contributed by atoms with Crippen molar-refractivity contribution in [3.63, 3.8) is 0 Å². The van der Waals surface area contributed by atoms with Crippen molar-refractivity contribution >= 4 is 21.6 Å². The molecule has 0 aliphatic carbocycles. The fourth-order valence-corrected chi connectivity index (χ4v) is 2.66. The minimum atomic E-state index is -3.07. The molecule has 0 unspecified atom stereocenters. The zero-order valence-corrected chi connectivity index (χ0v) is 10.0. The maximum atomic E-state index is 11.5. The Hall–Kier alpha value is 0.200. The Bertz CT molecular complexity index is 226. The van der Waals surface area contributed by atoms with Gasteiger partial charge in [-0.15, -0.1) is 11.6 Å². The molecule has 3 nitrogen and oxygen atoms in total. The Balaban J connectivity index is 4.12. The molecular weight excluding hydrogens is 210 g/mol. The van der Waals surface area contributed by atoms with E-state index in [1.165, 1.54) is 4.31 Å². The molecule has 13 heavy (non-hydrogen) atoms. The molecule has 0 radical (unpaired) electrons. The van der Waals surface area contributed by atoms with Crippen LogP contribution in [0.25, 0.3) is 0 Å². The first kappa shape index (κ1) is 13.2. The van der Waals surface area contributed by atoms with Gasteiger partial charge in [0.2, 0.25) is 10.0 Å². The molecule has 0 N–H and O–H groups in total. The van der Waals surface area contributed by atoms with Crippen molar-refractivity contribution < 1.29 is 8.42 Å². The Morgan fingerprint density at radius 3 is 2.31 bits per heavy atom. The van der Waals surface area contributed by atoms with Crippen molar-refractivity contribution in [2.24, 2.45) is 5.92 Å². The van der Waals surface area contributed by atoms with E-state index in [-0.39, 0.29) is 5.75 Å². The summed E-state index contributed by atoms with van der Waals surface area (Å²) in [5.74, 6) is 0.907. The second-order valence-corrected chi connectivity index (χ2v) is 6.11. The van der Waals surface area contributed by atoms with Crippen molar-refractivity contribution in [1.82, 2.24) is 4.31 Å². The molecule has 0 aromatic rings. The molecule has 0 bridgehead atoms. The number of halogens is 1. The van der Waals surface area contributed by atoms with E-state index < -0.39 is 10.0 Å². The third-order valence-corrected chi connectivity index (χ3v) is 3.80. The molecule has 0 atom stereocenters. The van der Waals surface area contributed by atoms with Crippen molar-refractivity contribution in [2.45, 2.75) is 20.3 Å². The van der Waals surface area contributed by atoms with Crippen LogP contribution < -0.4 is 0 Å². The van der Waals surface area contributed by atoms with Gasteiger partial charge < -0.3 is 0 Å². The molecule has 0 aromatic carbocycles. The van der Waals surface area contributed by atoms with Crippen LogP contribution in [-0.2, 0) is 10.0 Å². The highest BCUT2D eigenvalue weighted by Crippen LogP contribution is 2.05. The summed E-state index contributed by atoms with van der Waals surface area (Å²) in [6, 6.07) is 0. The standard InChI is InChI=1S/C8H18ClNO2S/c1-8(2)7-10(3)13(11,12)6-4-5-9/h8H,4-7H2,1-3H3. The summed E-state index contributed by atoms with van der Waals surface area (Å²) in [5, 5.41) is 0. The molecule has 0 aliphatic rings. The van der Waals surface area contributed by atoms with Crippen molar-refractivity contribution in [3.8, 4) is 0 Å². The van der Waals surface area contributed by atoms with E-state index in [4.69, 9.17) is 11.6 Å². The second kappa shape index (κ2) is 5.83. The first-order valence-electron chi connectivity index (χ1n) is 4.40. The Morgan fingerprint density at radius 2 is 1.92 bits per heavy atom. The summed E-state index contributed by atoms with van der Waals surface area (Å²) in [4.78, 5) is 0. The van der Waals surface area contributed by atoms with Gasteiger partial charge in [0.05, 0.1) is 5.75 Å². The highest BCUT2D eigenvalue weighted by molar-refractivity contribution is 7.89. The maximum absolute atomic E-state index is 11.5. The van der Waals surface area contributed by atoms with Gasteiger partial charge in [0.15, 0.2) is 0 Å². The first-order valence-corrected chi connectivity index (χ1v) is 6.54. The number of hydrogen-bond acceptors (Lipinski definition) is 2. The summed E-state index contributed by atoms with van der Waals surface area (Å²) in [6.45, 7) is 4.56. The van der Waals surface area contributed by atoms with Crippen LogP contribution in [0.15, 0.2) is 0 Å². The average Bonchev–Trinajstić information content (AvgIpc) is 1.99. The van der Waals surface area contributed by atoms with E-state index in [9.17, 15) is 8.42 Å². The lowest BCUT2D eigenvalue weighted by Crippen LogP contribution is -2.32. The summed E-state index contributed by atoms with van der Waals surface area (Å²) in [7, 11) is -1.45. The van der Waals surface area contributed by atoms with Crippen LogP contribution in [0.2, 0.25) is 0 Å². The summed E-state index contributed by atoms with van der Waals surface area (Å²) in [6.07, 6.45) is 0.520. The molecule has 0 amide bonds. The number of sulfonamides is 1. The smallest absolute Gasteiger partial charge is 0.212 e. The predicted molar refractivity (Wildman–Crippen MR) is 56.6 cm³/mol. The zero-order valence-electron chi connectivity index (χ0n) is 8.46. The topological polar surface area (TPSA) is 37.4 Å². The summed E-state index contributed by atoms with van der Waals surface area (Å²) >= 11 is 5.44. The van der Waals surface area contributed by atoms with E-state index in [0.717, 1.165) is 0 Å². The first-order chi connectivity index (χ1) is 5.90. The van der Waals surface area contributed by atoms with E-state index in [1.54, 1.807) is 7.05 Å². The molecule has 0 aromatic heterocycles. The Morgan fingerprint density at radius 1 is 1.38 bits per heavy atom. The van der Waals surface area contributed by atoms with Gasteiger partial charge in [0, 0.05) is 19.5 Å². The predicted octanol–water partition coefficient (Wildman–Crippen LogP) is 1.53. The van der Waals surface area contributed by atoms with Gasteiger partial charge >= 0.3 is 0 Å². The molecule has 0 aliphatic heterocycles. The highest BCUT2D eigenvalue weighted by atomic mass is 35.5. The molecule has 0 rings (SSSR count). The SMILES string of the molecule is CC(C)CN(C)S(=O)(=O)CCCCl. The summed E-state index contributed by atoms with van der Waals surface area (Å²) < 4.78 is 24.4. The van der Waals surface area contributed by atoms with Crippen molar-refractivity contribution in [2.75, 3.05) is 25.2 Å². The third kappa shape index (κ3) is 5.49. The molecule has 0 heterocycles. The number of nitrogens with zero attached hydrogens (tertiary/aromatic N) is 1. The van der Waals surface area contributed by atoms with E-state index in [2.05, 4.69) is 0 Å². The number of hydrogen-bond donors (Lipinski definition) is 0. The van der Waals surface area contributed by atoms with Gasteiger partial charge in [-0.05, 0) is 12.3 Å². The van der Waals surface area contributed by atoms with Crippen LogP contribution in [0.1, 0.15) is 20.3 Å². The van der Waals surface area contributed by atoms with Crippen molar-refractivity contribution in [1.29, 1.82) is 0 Å². The molecule has 80 valence electrons. The molecule has 0 fully saturated rings. The molecular formula is C8H18ClNO2S. The lowest BCUT2D eigenvalue weighted by molar-refractivity contribution is 0.417. The van der Waals surface area contributed by atoms with Gasteiger partial charge in [-0.1, -0.05) is 13.8 Å². The Kier molecular flexibility index (Phi) is 5.92. The van der Waals surface area contributed by atoms with E-state index >= 15 is 0 Å². The highest BCUT2D eigenvalue weighted by Gasteiger charge is 2.17. The van der Waals surface area contributed by atoms with Gasteiger partial charge in [-0.25, -0.2) is 12.7 Å². The Labute approximate surface area is 86.1 Å². The van der Waals surface area contributed by atoms with Crippen molar-refractivity contribution in [3.05, 3.63) is 0 Å². The van der Waals surface area contributed by atoms with Crippen LogP contribution in [-0.4, -0.2) is 37.9 Å². The number of rotatable bonds is 6. The number of alkyl halides is 1. The molecule has 5 heteroatoms. The van der Waals surface area contributed by atoms with Gasteiger partial charge in [0.25, 0.3) is 0 Å². The maximum Gasteiger partial charge on any atom is 0.213 e. The minimum absolute atomic E-state index is 0.153. The van der Waals surface area contributed by atoms with E-state index in [1.807, 2.05) is 13.8 Å². The third-order valence-electron chi connectivity index (χ3n) is 1.63. The van der Waals surface area contributed by atoms with Crippen LogP contribution >= 0.6 is 11.6 Å².